The van der Waals surface area contributed by atoms with E-state index in [0.29, 0.717) is 0 Å². The molecule has 0 saturated heterocycles. The third-order valence-corrected chi connectivity index (χ3v) is 2.30. The number of hydrogen-bond acceptors (Lipinski definition) is 4. The molecule has 0 rings (SSSR count). The first-order chi connectivity index (χ1) is 5.68. The fraction of sp³-hybridized carbons (Fsp3) is 0.143. The molecule has 0 aliphatic rings. The van der Waals surface area contributed by atoms with Gasteiger partial charge in [0.15, 0.2) is 19.7 Å². The Labute approximate surface area is 79.1 Å². The molecule has 0 spiro atoms. The summed E-state index contributed by atoms with van der Waals surface area (Å²) in [5, 5.41) is 2.60. The maximum Gasteiger partial charge on any atom is 0.191 e. The van der Waals surface area contributed by atoms with E-state index in [4.69, 9.17) is 0 Å². The van der Waals surface area contributed by atoms with Gasteiger partial charge in [-0.15, -0.1) is 0 Å². The van der Waals surface area contributed by atoms with Crippen LogP contribution in [-0.2, 0) is 19.7 Å². The highest BCUT2D eigenvalue weighted by molar-refractivity contribution is 7.97. The van der Waals surface area contributed by atoms with Gasteiger partial charge in [-0.25, -0.2) is 16.8 Å². The normalized spacial score (nSPS) is 10.5. The van der Waals surface area contributed by atoms with Crippen molar-refractivity contribution >= 4 is 19.7 Å². The molecule has 0 atom stereocenters. The molecule has 0 aromatic rings. The number of hydrogen-bond donors (Lipinski definition) is 0. The first kappa shape index (κ1) is 14.6. The Kier molecular flexibility index (Phi) is 6.43. The van der Waals surface area contributed by atoms with E-state index in [-0.39, 0.29) is 0 Å². The second kappa shape index (κ2) is 5.71. The van der Waals surface area contributed by atoms with E-state index in [2.05, 4.69) is 19.7 Å². The Bertz CT molecular complexity index is 347. The zero-order valence-electron chi connectivity index (χ0n) is 7.30. The molecule has 0 unspecified atom stereocenters. The third-order valence-electron chi connectivity index (χ3n) is 0.767. The summed E-state index contributed by atoms with van der Waals surface area (Å²) in [5.41, 5.74) is 0. The molecule has 0 fully saturated rings. The van der Waals surface area contributed by atoms with Crippen LogP contribution >= 0.6 is 0 Å². The van der Waals surface area contributed by atoms with Gasteiger partial charge in [-0.3, -0.25) is 0 Å². The largest absolute Gasteiger partial charge is 0.225 e. The summed E-state index contributed by atoms with van der Waals surface area (Å²) >= 11 is 0. The van der Waals surface area contributed by atoms with E-state index in [1.807, 2.05) is 0 Å². The molecular formula is C7H12O4S2. The molecule has 0 radical (unpaired) electrons. The van der Waals surface area contributed by atoms with Crippen LogP contribution in [0, 0.1) is 0 Å². The third kappa shape index (κ3) is 14.0. The molecule has 0 heterocycles. The summed E-state index contributed by atoms with van der Waals surface area (Å²) in [6.45, 7) is 9.13. The Morgan fingerprint density at radius 2 is 1.08 bits per heavy atom. The predicted octanol–water partition coefficient (Wildman–Crippen LogP) is 0.863. The van der Waals surface area contributed by atoms with Gasteiger partial charge >= 0.3 is 0 Å². The van der Waals surface area contributed by atoms with E-state index in [0.717, 1.165) is 22.5 Å². The molecule has 4 nitrogen and oxygen atoms in total. The molecule has 0 N–H and O–H groups in total. The highest BCUT2D eigenvalue weighted by Crippen LogP contribution is 1.87. The second-order valence-corrected chi connectivity index (χ2v) is 5.76. The molecule has 6 heteroatoms. The molecule has 0 bridgehead atoms. The number of rotatable bonds is 3. The van der Waals surface area contributed by atoms with E-state index < -0.39 is 19.7 Å². The minimum Gasteiger partial charge on any atom is -0.225 e. The fourth-order valence-electron chi connectivity index (χ4n) is 0.0680. The van der Waals surface area contributed by atoms with E-state index in [9.17, 15) is 16.8 Å². The van der Waals surface area contributed by atoms with Crippen LogP contribution in [0.4, 0.5) is 0 Å². The summed E-state index contributed by atoms with van der Waals surface area (Å²) < 4.78 is 40.0. The maximum absolute atomic E-state index is 10.1. The second-order valence-electron chi connectivity index (χ2n) is 1.92. The quantitative estimate of drug-likeness (QED) is 0.713. The van der Waals surface area contributed by atoms with Gasteiger partial charge in [0.2, 0.25) is 0 Å². The molecule has 13 heavy (non-hydrogen) atoms. The van der Waals surface area contributed by atoms with E-state index in [1.54, 1.807) is 0 Å². The van der Waals surface area contributed by atoms with Crippen molar-refractivity contribution in [2.45, 2.75) is 0 Å². The summed E-state index contributed by atoms with van der Waals surface area (Å²) in [6, 6.07) is 0. The monoisotopic (exact) mass is 224 g/mol. The molecule has 0 aliphatic heterocycles. The van der Waals surface area contributed by atoms with E-state index >= 15 is 0 Å². The van der Waals surface area contributed by atoms with Gasteiger partial charge in [0.25, 0.3) is 0 Å². The molecule has 0 aliphatic carbocycles. The van der Waals surface area contributed by atoms with Crippen molar-refractivity contribution in [1.29, 1.82) is 0 Å². The zero-order valence-corrected chi connectivity index (χ0v) is 8.94. The number of sulfone groups is 2. The van der Waals surface area contributed by atoms with Crippen molar-refractivity contribution in [3.8, 4) is 0 Å². The average Bonchev–Trinajstić information content (AvgIpc) is 2.04. The molecule has 0 aromatic heterocycles. The zero-order chi connectivity index (χ0) is 11.1. The van der Waals surface area contributed by atoms with Crippen molar-refractivity contribution < 1.29 is 16.8 Å². The van der Waals surface area contributed by atoms with Gasteiger partial charge in [-0.05, 0) is 0 Å². The van der Waals surface area contributed by atoms with Crippen LogP contribution in [-0.4, -0.2) is 23.1 Å². The van der Waals surface area contributed by atoms with Gasteiger partial charge in [0.05, 0.1) is 0 Å². The van der Waals surface area contributed by atoms with Crippen LogP contribution in [0.5, 0.6) is 0 Å². The van der Waals surface area contributed by atoms with Crippen molar-refractivity contribution in [1.82, 2.24) is 0 Å². The first-order valence-electron chi connectivity index (χ1n) is 3.01. The fourth-order valence-corrected chi connectivity index (χ4v) is 0.204. The van der Waals surface area contributed by atoms with Crippen LogP contribution in [0.1, 0.15) is 0 Å². The topological polar surface area (TPSA) is 68.3 Å². The van der Waals surface area contributed by atoms with Gasteiger partial charge in [0.1, 0.15) is 0 Å². The summed E-state index contributed by atoms with van der Waals surface area (Å²) in [7, 11) is -6.03. The highest BCUT2D eigenvalue weighted by Gasteiger charge is 1.90. The van der Waals surface area contributed by atoms with Gasteiger partial charge in [-0.1, -0.05) is 19.7 Å². The lowest BCUT2D eigenvalue weighted by molar-refractivity contribution is 0.609. The molecule has 0 saturated carbocycles. The minimum absolute atomic E-state index is 0.847. The minimum atomic E-state index is -3.13. The highest BCUT2D eigenvalue weighted by atomic mass is 32.2. The Hall–Kier alpha value is -0.880. The van der Waals surface area contributed by atoms with Gasteiger partial charge < -0.3 is 0 Å². The van der Waals surface area contributed by atoms with Crippen LogP contribution in [0.3, 0.4) is 0 Å². The smallest absolute Gasteiger partial charge is 0.191 e. The van der Waals surface area contributed by atoms with Crippen LogP contribution in [0.15, 0.2) is 36.0 Å². The van der Waals surface area contributed by atoms with Crippen molar-refractivity contribution in [3.63, 3.8) is 0 Å². The molecule has 0 amide bonds. The summed E-state index contributed by atoms with van der Waals surface area (Å²) in [5.74, 6) is 0. The van der Waals surface area contributed by atoms with Crippen LogP contribution in [0.2, 0.25) is 0 Å². The average molecular weight is 224 g/mol. The van der Waals surface area contributed by atoms with Crippen molar-refractivity contribution in [2.75, 3.05) is 6.26 Å². The Morgan fingerprint density at radius 1 is 0.846 bits per heavy atom. The molecule has 0 aromatic carbocycles. The lowest BCUT2D eigenvalue weighted by Gasteiger charge is -1.78. The van der Waals surface area contributed by atoms with Crippen LogP contribution < -0.4 is 0 Å². The molecule has 76 valence electrons. The van der Waals surface area contributed by atoms with Crippen molar-refractivity contribution in [3.05, 3.63) is 36.0 Å². The summed E-state index contributed by atoms with van der Waals surface area (Å²) in [6.07, 6.45) is 1.10. The summed E-state index contributed by atoms with van der Waals surface area (Å²) in [4.78, 5) is 0. The van der Waals surface area contributed by atoms with E-state index in [1.165, 1.54) is 0 Å². The lowest BCUT2D eigenvalue weighted by atomic mass is 11.3. The van der Waals surface area contributed by atoms with Crippen molar-refractivity contribution in [2.24, 2.45) is 0 Å². The Balaban J connectivity index is 0. The van der Waals surface area contributed by atoms with Gasteiger partial charge in [-0.2, -0.15) is 0 Å². The Morgan fingerprint density at radius 3 is 1.08 bits per heavy atom. The van der Waals surface area contributed by atoms with Crippen LogP contribution in [0.25, 0.3) is 0 Å². The SMILES string of the molecule is C=CS(=O)(=O)C=C.C=CS(C)(=O)=O. The maximum atomic E-state index is 10.1. The predicted molar refractivity (Wildman–Crippen MR) is 54.4 cm³/mol. The van der Waals surface area contributed by atoms with Gasteiger partial charge in [0, 0.05) is 22.5 Å². The molecular weight excluding hydrogens is 212 g/mol. The lowest BCUT2D eigenvalue weighted by Crippen LogP contribution is -1.84. The standard InChI is InChI=1S/C4H6O2S.C3H6O2S/c1-3-7(5,6)4-2;1-3-6(2,4)5/h3-4H,1-2H2;3H,1H2,2H3. The first-order valence-corrected chi connectivity index (χ1v) is 6.57.